The van der Waals surface area contributed by atoms with Crippen LogP contribution in [0.15, 0.2) is 0 Å². The van der Waals surface area contributed by atoms with Crippen molar-refractivity contribution in [2.24, 2.45) is 5.92 Å². The summed E-state index contributed by atoms with van der Waals surface area (Å²) < 4.78 is 6.93. The van der Waals surface area contributed by atoms with Gasteiger partial charge in [-0.3, -0.25) is 0 Å². The Labute approximate surface area is 72.3 Å². The fraction of sp³-hybridized carbons (Fsp3) is 1.00. The maximum absolute atomic E-state index is 4.75. The molecule has 1 aliphatic heterocycles. The van der Waals surface area contributed by atoms with Gasteiger partial charge in [-0.2, -0.15) is 0 Å². The number of piperidine rings is 1. The summed E-state index contributed by atoms with van der Waals surface area (Å²) in [5.41, 5.74) is 0. The standard InChI is InChI=1S/C7H15NO2S/c1-7-3-5-8(6-4-7)11-10-9-2/h7H,3-6H2,1-2H3. The van der Waals surface area contributed by atoms with Crippen LogP contribution in [0.5, 0.6) is 0 Å². The molecule has 4 heteroatoms. The highest BCUT2D eigenvalue weighted by atomic mass is 32.2. The first kappa shape index (κ1) is 9.32. The molecule has 0 aliphatic carbocycles. The van der Waals surface area contributed by atoms with Crippen molar-refractivity contribution in [3.63, 3.8) is 0 Å². The molecule has 3 nitrogen and oxygen atoms in total. The first-order valence-corrected chi connectivity index (χ1v) is 4.65. The zero-order chi connectivity index (χ0) is 8.10. The summed E-state index contributed by atoms with van der Waals surface area (Å²) in [5.74, 6) is 0.870. The van der Waals surface area contributed by atoms with Crippen molar-refractivity contribution in [1.82, 2.24) is 4.31 Å². The molecule has 0 aromatic rings. The van der Waals surface area contributed by atoms with E-state index in [1.807, 2.05) is 0 Å². The third kappa shape index (κ3) is 3.42. The van der Waals surface area contributed by atoms with Gasteiger partial charge in [0.15, 0.2) is 0 Å². The van der Waals surface area contributed by atoms with Crippen LogP contribution in [0.1, 0.15) is 19.8 Å². The second-order valence-corrected chi connectivity index (χ2v) is 3.72. The zero-order valence-electron chi connectivity index (χ0n) is 7.08. The van der Waals surface area contributed by atoms with Crippen LogP contribution in [0, 0.1) is 5.92 Å². The average Bonchev–Trinajstić information content (AvgIpc) is 2.04. The molecule has 0 atom stereocenters. The van der Waals surface area contributed by atoms with Gasteiger partial charge in [-0.15, -0.1) is 4.33 Å². The lowest BCUT2D eigenvalue weighted by Gasteiger charge is -2.27. The Morgan fingerprint density at radius 3 is 2.55 bits per heavy atom. The molecule has 1 rings (SSSR count). The minimum atomic E-state index is 0.870. The van der Waals surface area contributed by atoms with Crippen LogP contribution in [0.4, 0.5) is 0 Å². The molecule has 0 spiro atoms. The topological polar surface area (TPSA) is 21.7 Å². The summed E-state index contributed by atoms with van der Waals surface area (Å²) >= 11 is 1.31. The summed E-state index contributed by atoms with van der Waals surface area (Å²) in [7, 11) is 1.53. The molecule has 0 bridgehead atoms. The number of hydrogen-bond donors (Lipinski definition) is 0. The predicted octanol–water partition coefficient (Wildman–Crippen LogP) is 1.86. The molecule has 0 saturated carbocycles. The molecule has 11 heavy (non-hydrogen) atoms. The van der Waals surface area contributed by atoms with Gasteiger partial charge >= 0.3 is 0 Å². The number of hydrogen-bond acceptors (Lipinski definition) is 4. The third-order valence-corrected chi connectivity index (χ3v) is 2.72. The van der Waals surface area contributed by atoms with Crippen LogP contribution < -0.4 is 0 Å². The van der Waals surface area contributed by atoms with E-state index in [4.69, 9.17) is 4.33 Å². The Balaban J connectivity index is 2.07. The highest BCUT2D eigenvalue weighted by molar-refractivity contribution is 7.92. The van der Waals surface area contributed by atoms with E-state index >= 15 is 0 Å². The molecule has 0 aromatic carbocycles. The van der Waals surface area contributed by atoms with Crippen LogP contribution in [0.2, 0.25) is 0 Å². The van der Waals surface area contributed by atoms with E-state index in [1.165, 1.54) is 32.2 Å². The lowest BCUT2D eigenvalue weighted by Crippen LogP contribution is -2.27. The van der Waals surface area contributed by atoms with Gasteiger partial charge in [0.05, 0.1) is 7.11 Å². The molecule has 0 aromatic heterocycles. The molecule has 66 valence electrons. The van der Waals surface area contributed by atoms with Gasteiger partial charge in [-0.1, -0.05) is 6.92 Å². The Kier molecular flexibility index (Phi) is 4.22. The van der Waals surface area contributed by atoms with E-state index < -0.39 is 0 Å². The smallest absolute Gasteiger partial charge is 0.121 e. The Bertz CT molecular complexity index is 102. The van der Waals surface area contributed by atoms with Crippen LogP contribution in [0.25, 0.3) is 0 Å². The fourth-order valence-corrected chi connectivity index (χ4v) is 1.64. The SMILES string of the molecule is COOSN1CCC(C)CC1. The monoisotopic (exact) mass is 177 g/mol. The summed E-state index contributed by atoms with van der Waals surface area (Å²) in [6.07, 6.45) is 2.53. The summed E-state index contributed by atoms with van der Waals surface area (Å²) in [4.78, 5) is 4.49. The van der Waals surface area contributed by atoms with E-state index in [-0.39, 0.29) is 0 Å². The largest absolute Gasteiger partial charge is 0.226 e. The second kappa shape index (κ2) is 4.98. The molecular weight excluding hydrogens is 162 g/mol. The van der Waals surface area contributed by atoms with Gasteiger partial charge in [0.25, 0.3) is 0 Å². The number of nitrogens with zero attached hydrogens (tertiary/aromatic N) is 1. The molecular formula is C7H15NO2S. The lowest BCUT2D eigenvalue weighted by molar-refractivity contribution is -0.163. The van der Waals surface area contributed by atoms with Crippen molar-refractivity contribution >= 4 is 12.2 Å². The zero-order valence-corrected chi connectivity index (χ0v) is 7.89. The van der Waals surface area contributed by atoms with E-state index in [9.17, 15) is 0 Å². The number of rotatable bonds is 3. The van der Waals surface area contributed by atoms with Crippen LogP contribution >= 0.6 is 12.2 Å². The minimum absolute atomic E-state index is 0.870. The summed E-state index contributed by atoms with van der Waals surface area (Å²) in [5, 5.41) is 0. The Morgan fingerprint density at radius 1 is 1.36 bits per heavy atom. The average molecular weight is 177 g/mol. The van der Waals surface area contributed by atoms with Crippen LogP contribution in [-0.2, 0) is 9.22 Å². The molecule has 0 radical (unpaired) electrons. The summed E-state index contributed by atoms with van der Waals surface area (Å²) in [6, 6.07) is 0. The van der Waals surface area contributed by atoms with Gasteiger partial charge in [0, 0.05) is 13.1 Å². The quantitative estimate of drug-likeness (QED) is 0.284. The first-order chi connectivity index (χ1) is 5.33. The maximum atomic E-state index is 4.75. The fourth-order valence-electron chi connectivity index (χ4n) is 1.13. The molecule has 0 amide bonds. The Morgan fingerprint density at radius 2 is 2.00 bits per heavy atom. The third-order valence-electron chi connectivity index (χ3n) is 1.95. The molecule has 1 fully saturated rings. The van der Waals surface area contributed by atoms with Gasteiger partial charge < -0.3 is 0 Å². The normalized spacial score (nSPS) is 22.4. The highest BCUT2D eigenvalue weighted by Gasteiger charge is 2.16. The maximum Gasteiger partial charge on any atom is 0.121 e. The molecule has 1 saturated heterocycles. The van der Waals surface area contributed by atoms with Crippen LogP contribution in [-0.4, -0.2) is 24.5 Å². The van der Waals surface area contributed by atoms with Crippen molar-refractivity contribution in [2.75, 3.05) is 20.2 Å². The van der Waals surface area contributed by atoms with Gasteiger partial charge in [0.2, 0.25) is 0 Å². The van der Waals surface area contributed by atoms with Crippen molar-refractivity contribution < 1.29 is 9.22 Å². The van der Waals surface area contributed by atoms with Crippen molar-refractivity contribution in [3.05, 3.63) is 0 Å². The van der Waals surface area contributed by atoms with E-state index in [1.54, 1.807) is 0 Å². The van der Waals surface area contributed by atoms with Crippen molar-refractivity contribution in [3.8, 4) is 0 Å². The highest BCUT2D eigenvalue weighted by Crippen LogP contribution is 2.22. The van der Waals surface area contributed by atoms with E-state index in [0.29, 0.717) is 0 Å². The van der Waals surface area contributed by atoms with Gasteiger partial charge in [0.1, 0.15) is 12.2 Å². The molecule has 0 unspecified atom stereocenters. The predicted molar refractivity (Wildman–Crippen MR) is 45.7 cm³/mol. The first-order valence-electron chi connectivity index (χ1n) is 3.95. The molecule has 1 aliphatic rings. The van der Waals surface area contributed by atoms with Crippen LogP contribution in [0.3, 0.4) is 0 Å². The minimum Gasteiger partial charge on any atom is -0.226 e. The second-order valence-electron chi connectivity index (χ2n) is 2.92. The Hall–Kier alpha value is 0.230. The molecule has 1 heterocycles. The van der Waals surface area contributed by atoms with E-state index in [0.717, 1.165) is 19.0 Å². The summed E-state index contributed by atoms with van der Waals surface area (Å²) in [6.45, 7) is 4.50. The molecule has 0 N–H and O–H groups in total. The van der Waals surface area contributed by atoms with E-state index in [2.05, 4.69) is 16.1 Å². The lowest BCUT2D eigenvalue weighted by atomic mass is 10.0. The van der Waals surface area contributed by atoms with Gasteiger partial charge in [-0.25, -0.2) is 9.19 Å². The van der Waals surface area contributed by atoms with Crippen molar-refractivity contribution in [1.29, 1.82) is 0 Å². The van der Waals surface area contributed by atoms with Crippen molar-refractivity contribution in [2.45, 2.75) is 19.8 Å². The van der Waals surface area contributed by atoms with Gasteiger partial charge in [-0.05, 0) is 18.8 Å².